The molecule has 22 heavy (non-hydrogen) atoms. The van der Waals surface area contributed by atoms with Gasteiger partial charge in [0.1, 0.15) is 10.6 Å². The highest BCUT2D eigenvalue weighted by Crippen LogP contribution is 2.27. The van der Waals surface area contributed by atoms with E-state index in [0.29, 0.717) is 6.42 Å². The van der Waals surface area contributed by atoms with Gasteiger partial charge in [0.2, 0.25) is 10.0 Å². The lowest BCUT2D eigenvalue weighted by molar-refractivity contribution is 0.401. The van der Waals surface area contributed by atoms with E-state index in [1.165, 1.54) is 19.2 Å². The number of sulfonamides is 1. The van der Waals surface area contributed by atoms with Crippen molar-refractivity contribution in [3.63, 3.8) is 0 Å². The highest BCUT2D eigenvalue weighted by Gasteiger charge is 2.24. The number of rotatable bonds is 7. The zero-order chi connectivity index (χ0) is 17.0. The lowest BCUT2D eigenvalue weighted by atomic mass is 10.2. The molecule has 0 aliphatic carbocycles. The lowest BCUT2D eigenvalue weighted by Crippen LogP contribution is -2.34. The second-order valence-electron chi connectivity index (χ2n) is 4.67. The van der Waals surface area contributed by atoms with Gasteiger partial charge in [-0.05, 0) is 24.6 Å². The highest BCUT2D eigenvalue weighted by atomic mass is 32.2. The van der Waals surface area contributed by atoms with Crippen molar-refractivity contribution in [3.8, 4) is 11.8 Å². The summed E-state index contributed by atoms with van der Waals surface area (Å²) in [6.45, 7) is 1.74. The fourth-order valence-electron chi connectivity index (χ4n) is 1.76. The Morgan fingerprint density at radius 1 is 1.32 bits per heavy atom. The third-order valence-corrected chi connectivity index (χ3v) is 5.66. The highest BCUT2D eigenvalue weighted by molar-refractivity contribution is 7.91. The van der Waals surface area contributed by atoms with Crippen LogP contribution < -0.4 is 9.46 Å². The predicted octanol–water partition coefficient (Wildman–Crippen LogP) is 1.07. The zero-order valence-electron chi connectivity index (χ0n) is 12.5. The third kappa shape index (κ3) is 4.43. The summed E-state index contributed by atoms with van der Waals surface area (Å²) in [5.41, 5.74) is 0. The molecule has 1 rings (SSSR count). The standard InChI is InChI=1S/C13H18N2O5S2/c1-4-10(7-8-14)15-22(18,19)13-9-11(21(3,16)17)5-6-12(13)20-2/h5-6,9-10,15H,4,7H2,1-3H3. The van der Waals surface area contributed by atoms with E-state index in [4.69, 9.17) is 10.00 Å². The van der Waals surface area contributed by atoms with Gasteiger partial charge in [0.25, 0.3) is 0 Å². The van der Waals surface area contributed by atoms with Crippen molar-refractivity contribution < 1.29 is 21.6 Å². The van der Waals surface area contributed by atoms with E-state index in [9.17, 15) is 16.8 Å². The molecule has 0 fully saturated rings. The fourth-order valence-corrected chi connectivity index (χ4v) is 4.00. The second-order valence-corrected chi connectivity index (χ2v) is 8.37. The molecule has 1 N–H and O–H groups in total. The Hall–Kier alpha value is -1.63. The fraction of sp³-hybridized carbons (Fsp3) is 0.462. The molecule has 0 aromatic heterocycles. The number of nitrogens with zero attached hydrogens (tertiary/aromatic N) is 1. The van der Waals surface area contributed by atoms with Crippen molar-refractivity contribution in [1.29, 1.82) is 5.26 Å². The summed E-state index contributed by atoms with van der Waals surface area (Å²) in [7, 11) is -6.27. The Balaban J connectivity index is 3.36. The maximum absolute atomic E-state index is 12.4. The van der Waals surface area contributed by atoms with Gasteiger partial charge >= 0.3 is 0 Å². The molecule has 0 amide bonds. The number of ether oxygens (including phenoxy) is 1. The van der Waals surface area contributed by atoms with Crippen LogP contribution in [0.1, 0.15) is 19.8 Å². The van der Waals surface area contributed by atoms with Crippen LogP contribution >= 0.6 is 0 Å². The molecule has 1 aromatic carbocycles. The van der Waals surface area contributed by atoms with Crippen LogP contribution in [-0.2, 0) is 19.9 Å². The summed E-state index contributed by atoms with van der Waals surface area (Å²) in [5.74, 6) is 0.0340. The number of hydrogen-bond donors (Lipinski definition) is 1. The molecule has 0 aliphatic heterocycles. The van der Waals surface area contributed by atoms with Crippen LogP contribution in [0, 0.1) is 11.3 Å². The Labute approximate surface area is 130 Å². The van der Waals surface area contributed by atoms with Gasteiger partial charge < -0.3 is 4.74 Å². The first-order valence-corrected chi connectivity index (χ1v) is 9.80. The average Bonchev–Trinajstić information content (AvgIpc) is 2.44. The molecular formula is C13H18N2O5S2. The van der Waals surface area contributed by atoms with Crippen LogP contribution in [-0.4, -0.2) is 36.2 Å². The minimum absolute atomic E-state index is 0.0177. The van der Waals surface area contributed by atoms with E-state index in [2.05, 4.69) is 4.72 Å². The van der Waals surface area contributed by atoms with Crippen molar-refractivity contribution in [2.75, 3.05) is 13.4 Å². The molecule has 1 aromatic rings. The number of methoxy groups -OCH3 is 1. The minimum Gasteiger partial charge on any atom is -0.495 e. The van der Waals surface area contributed by atoms with E-state index in [1.807, 2.05) is 6.07 Å². The van der Waals surface area contributed by atoms with Crippen LogP contribution in [0.4, 0.5) is 0 Å². The summed E-state index contributed by atoms with van der Waals surface area (Å²) < 4.78 is 55.5. The van der Waals surface area contributed by atoms with Gasteiger partial charge in [0.05, 0.1) is 24.5 Å². The molecule has 0 spiro atoms. The summed E-state index contributed by atoms with van der Waals surface area (Å²) in [6, 6.07) is 4.97. The van der Waals surface area contributed by atoms with Crippen molar-refractivity contribution >= 4 is 19.9 Å². The van der Waals surface area contributed by atoms with Gasteiger partial charge in [0, 0.05) is 12.3 Å². The van der Waals surface area contributed by atoms with Crippen LogP contribution in [0.2, 0.25) is 0 Å². The Kier molecular flexibility index (Phi) is 5.93. The largest absolute Gasteiger partial charge is 0.495 e. The van der Waals surface area contributed by atoms with Gasteiger partial charge in [-0.25, -0.2) is 21.6 Å². The molecule has 9 heteroatoms. The monoisotopic (exact) mass is 346 g/mol. The predicted molar refractivity (Wildman–Crippen MR) is 80.7 cm³/mol. The molecule has 7 nitrogen and oxygen atoms in total. The summed E-state index contributed by atoms with van der Waals surface area (Å²) >= 11 is 0. The number of benzene rings is 1. The van der Waals surface area contributed by atoms with E-state index < -0.39 is 25.9 Å². The van der Waals surface area contributed by atoms with E-state index in [1.54, 1.807) is 6.92 Å². The molecular weight excluding hydrogens is 328 g/mol. The summed E-state index contributed by atoms with van der Waals surface area (Å²) in [5, 5.41) is 8.70. The lowest BCUT2D eigenvalue weighted by Gasteiger charge is -2.16. The van der Waals surface area contributed by atoms with Gasteiger partial charge in [0.15, 0.2) is 9.84 Å². The van der Waals surface area contributed by atoms with Gasteiger partial charge in [-0.1, -0.05) is 6.92 Å². The maximum atomic E-state index is 12.4. The first-order chi connectivity index (χ1) is 10.2. The first kappa shape index (κ1) is 18.4. The van der Waals surface area contributed by atoms with Crippen molar-refractivity contribution in [1.82, 2.24) is 4.72 Å². The normalized spacial score (nSPS) is 13.4. The van der Waals surface area contributed by atoms with Crippen molar-refractivity contribution in [2.24, 2.45) is 0 Å². The number of nitrogens with one attached hydrogen (secondary N) is 1. The maximum Gasteiger partial charge on any atom is 0.244 e. The summed E-state index contributed by atoms with van der Waals surface area (Å²) in [4.78, 5) is -0.392. The third-order valence-electron chi connectivity index (χ3n) is 3.01. The van der Waals surface area contributed by atoms with Crippen molar-refractivity contribution in [2.45, 2.75) is 35.6 Å². The number of hydrogen-bond acceptors (Lipinski definition) is 6. The minimum atomic E-state index is -4.01. The number of nitriles is 1. The molecule has 0 saturated carbocycles. The molecule has 0 heterocycles. The summed E-state index contributed by atoms with van der Waals surface area (Å²) in [6.07, 6.45) is 1.44. The topological polar surface area (TPSA) is 113 Å². The van der Waals surface area contributed by atoms with E-state index >= 15 is 0 Å². The van der Waals surface area contributed by atoms with E-state index in [-0.39, 0.29) is 22.0 Å². The van der Waals surface area contributed by atoms with Crippen molar-refractivity contribution in [3.05, 3.63) is 18.2 Å². The van der Waals surface area contributed by atoms with Gasteiger partial charge in [-0.2, -0.15) is 5.26 Å². The van der Waals surface area contributed by atoms with E-state index in [0.717, 1.165) is 12.3 Å². The molecule has 0 saturated heterocycles. The smallest absolute Gasteiger partial charge is 0.244 e. The SMILES string of the molecule is CCC(CC#N)NS(=O)(=O)c1cc(S(C)(=O)=O)ccc1OC. The van der Waals surface area contributed by atoms with Crippen LogP contribution in [0.3, 0.4) is 0 Å². The van der Waals surface area contributed by atoms with Gasteiger partial charge in [-0.15, -0.1) is 0 Å². The molecule has 0 radical (unpaired) electrons. The second kappa shape index (κ2) is 7.09. The molecule has 1 atom stereocenters. The van der Waals surface area contributed by atoms with Gasteiger partial charge in [-0.3, -0.25) is 0 Å². The molecule has 122 valence electrons. The van der Waals surface area contributed by atoms with Crippen LogP contribution in [0.5, 0.6) is 5.75 Å². The average molecular weight is 346 g/mol. The van der Waals surface area contributed by atoms with Crippen LogP contribution in [0.15, 0.2) is 28.0 Å². The Bertz CT molecular complexity index is 779. The first-order valence-electron chi connectivity index (χ1n) is 6.43. The number of sulfone groups is 1. The molecule has 1 unspecified atom stereocenters. The van der Waals surface area contributed by atoms with Crippen LogP contribution in [0.25, 0.3) is 0 Å². The molecule has 0 bridgehead atoms. The quantitative estimate of drug-likeness (QED) is 0.790. The zero-order valence-corrected chi connectivity index (χ0v) is 14.2. The molecule has 0 aliphatic rings. The Morgan fingerprint density at radius 3 is 2.41 bits per heavy atom. The Morgan fingerprint density at radius 2 is 1.95 bits per heavy atom.